The lowest BCUT2D eigenvalue weighted by Gasteiger charge is -2.08. The van der Waals surface area contributed by atoms with Gasteiger partial charge in [0.05, 0.1) is 12.1 Å². The van der Waals surface area contributed by atoms with E-state index in [0.29, 0.717) is 17.9 Å². The summed E-state index contributed by atoms with van der Waals surface area (Å²) in [4.78, 5) is 10.6. The maximum atomic E-state index is 12.4. The van der Waals surface area contributed by atoms with Crippen LogP contribution in [0.25, 0.3) is 0 Å². The number of rotatable bonds is 5. The van der Waals surface area contributed by atoms with E-state index in [4.69, 9.17) is 9.52 Å². The molecular formula is C14H12F3NO3. The summed E-state index contributed by atoms with van der Waals surface area (Å²) in [6.45, 7) is 0.634. The van der Waals surface area contributed by atoms with Gasteiger partial charge in [-0.3, -0.25) is 0 Å². The zero-order valence-corrected chi connectivity index (χ0v) is 10.8. The molecule has 2 aromatic rings. The van der Waals surface area contributed by atoms with Gasteiger partial charge in [0.1, 0.15) is 5.76 Å². The second-order valence-electron chi connectivity index (χ2n) is 4.37. The highest BCUT2D eigenvalue weighted by atomic mass is 19.4. The van der Waals surface area contributed by atoms with Gasteiger partial charge in [0.25, 0.3) is 0 Å². The molecule has 0 saturated heterocycles. The van der Waals surface area contributed by atoms with Crippen LogP contribution in [0, 0.1) is 0 Å². The van der Waals surface area contributed by atoms with E-state index in [1.807, 2.05) is 0 Å². The first-order chi connectivity index (χ1) is 9.86. The number of nitrogens with one attached hydrogen (secondary N) is 1. The summed E-state index contributed by atoms with van der Waals surface area (Å²) in [7, 11) is 0. The van der Waals surface area contributed by atoms with Crippen molar-refractivity contribution in [3.63, 3.8) is 0 Å². The Morgan fingerprint density at radius 1 is 1.10 bits per heavy atom. The normalized spacial score (nSPS) is 11.6. The van der Waals surface area contributed by atoms with Gasteiger partial charge in [-0.1, -0.05) is 12.1 Å². The number of hydrogen-bond acceptors (Lipinski definition) is 3. The fourth-order valence-corrected chi connectivity index (χ4v) is 1.73. The number of hydrogen-bond donors (Lipinski definition) is 2. The van der Waals surface area contributed by atoms with E-state index < -0.39 is 17.7 Å². The van der Waals surface area contributed by atoms with Crippen molar-refractivity contribution in [3.8, 4) is 0 Å². The molecule has 2 N–H and O–H groups in total. The molecule has 0 spiro atoms. The van der Waals surface area contributed by atoms with Gasteiger partial charge >= 0.3 is 12.1 Å². The predicted octanol–water partition coefficient (Wildman–Crippen LogP) is 3.29. The predicted molar refractivity (Wildman–Crippen MR) is 67.7 cm³/mol. The molecule has 1 aromatic heterocycles. The van der Waals surface area contributed by atoms with Crippen LogP contribution >= 0.6 is 0 Å². The van der Waals surface area contributed by atoms with E-state index in [1.165, 1.54) is 24.3 Å². The average Bonchev–Trinajstić information content (AvgIpc) is 2.87. The Balaban J connectivity index is 1.87. The van der Waals surface area contributed by atoms with E-state index in [2.05, 4.69) is 5.32 Å². The molecule has 0 atom stereocenters. The molecule has 0 amide bonds. The molecule has 112 valence electrons. The summed E-state index contributed by atoms with van der Waals surface area (Å²) < 4.78 is 42.2. The highest BCUT2D eigenvalue weighted by Gasteiger charge is 2.29. The first-order valence-corrected chi connectivity index (χ1v) is 6.05. The molecule has 7 heteroatoms. The fraction of sp³-hybridized carbons (Fsp3) is 0.214. The second-order valence-corrected chi connectivity index (χ2v) is 4.37. The van der Waals surface area contributed by atoms with Gasteiger partial charge in [-0.05, 0) is 29.8 Å². The minimum Gasteiger partial charge on any atom is -0.475 e. The monoisotopic (exact) mass is 299 g/mol. The highest BCUT2D eigenvalue weighted by molar-refractivity contribution is 5.84. The average molecular weight is 299 g/mol. The summed E-state index contributed by atoms with van der Waals surface area (Å²) in [5.74, 6) is -0.857. The smallest absolute Gasteiger partial charge is 0.416 e. The number of carboxylic acids is 1. The SMILES string of the molecule is O=C(O)c1ccc(CNCc2ccc(C(F)(F)F)cc2)o1. The van der Waals surface area contributed by atoms with Crippen LogP contribution in [-0.2, 0) is 19.3 Å². The maximum Gasteiger partial charge on any atom is 0.416 e. The molecular weight excluding hydrogens is 287 g/mol. The summed E-state index contributed by atoms with van der Waals surface area (Å²) in [5, 5.41) is 11.6. The Bertz CT molecular complexity index is 617. The highest BCUT2D eigenvalue weighted by Crippen LogP contribution is 2.29. The molecule has 21 heavy (non-hydrogen) atoms. The minimum absolute atomic E-state index is 0.152. The van der Waals surface area contributed by atoms with Crippen molar-refractivity contribution >= 4 is 5.97 Å². The van der Waals surface area contributed by atoms with E-state index in [9.17, 15) is 18.0 Å². The van der Waals surface area contributed by atoms with Crippen molar-refractivity contribution in [2.24, 2.45) is 0 Å². The molecule has 0 fully saturated rings. The lowest BCUT2D eigenvalue weighted by molar-refractivity contribution is -0.137. The first-order valence-electron chi connectivity index (χ1n) is 6.05. The molecule has 0 aliphatic carbocycles. The van der Waals surface area contributed by atoms with Crippen LogP contribution in [-0.4, -0.2) is 11.1 Å². The largest absolute Gasteiger partial charge is 0.475 e. The first kappa shape index (κ1) is 15.1. The lowest BCUT2D eigenvalue weighted by Crippen LogP contribution is -2.12. The molecule has 1 heterocycles. The number of aromatic carboxylic acids is 1. The Morgan fingerprint density at radius 2 is 1.76 bits per heavy atom. The van der Waals surface area contributed by atoms with Crippen LogP contribution in [0.2, 0.25) is 0 Å². The fourth-order valence-electron chi connectivity index (χ4n) is 1.73. The van der Waals surface area contributed by atoms with Gasteiger partial charge in [-0.15, -0.1) is 0 Å². The third-order valence-corrected chi connectivity index (χ3v) is 2.78. The number of halogens is 3. The van der Waals surface area contributed by atoms with Crippen molar-refractivity contribution in [2.75, 3.05) is 0 Å². The van der Waals surface area contributed by atoms with Gasteiger partial charge < -0.3 is 14.8 Å². The Labute approximate surface area is 118 Å². The van der Waals surface area contributed by atoms with Crippen molar-refractivity contribution in [3.05, 3.63) is 59.0 Å². The summed E-state index contributed by atoms with van der Waals surface area (Å²) >= 11 is 0. The quantitative estimate of drug-likeness (QED) is 0.889. The molecule has 4 nitrogen and oxygen atoms in total. The van der Waals surface area contributed by atoms with Crippen LogP contribution in [0.5, 0.6) is 0 Å². The van der Waals surface area contributed by atoms with Crippen molar-refractivity contribution < 1.29 is 27.5 Å². The number of benzene rings is 1. The molecule has 0 saturated carbocycles. The van der Waals surface area contributed by atoms with E-state index in [0.717, 1.165) is 12.1 Å². The zero-order valence-electron chi connectivity index (χ0n) is 10.8. The maximum absolute atomic E-state index is 12.4. The molecule has 0 radical (unpaired) electrons. The molecule has 0 bridgehead atoms. The van der Waals surface area contributed by atoms with Crippen molar-refractivity contribution in [1.29, 1.82) is 0 Å². The summed E-state index contributed by atoms with van der Waals surface area (Å²) in [6, 6.07) is 7.70. The molecule has 2 rings (SSSR count). The van der Waals surface area contributed by atoms with E-state index in [-0.39, 0.29) is 12.3 Å². The Morgan fingerprint density at radius 3 is 2.29 bits per heavy atom. The second kappa shape index (κ2) is 6.01. The van der Waals surface area contributed by atoms with Gasteiger partial charge in [-0.25, -0.2) is 4.79 Å². The van der Waals surface area contributed by atoms with Crippen LogP contribution in [0.1, 0.15) is 27.4 Å². The topological polar surface area (TPSA) is 62.5 Å². The molecule has 0 aliphatic heterocycles. The van der Waals surface area contributed by atoms with Crippen LogP contribution < -0.4 is 5.32 Å². The molecule has 1 aromatic carbocycles. The van der Waals surface area contributed by atoms with E-state index in [1.54, 1.807) is 0 Å². The Kier molecular flexibility index (Phi) is 4.32. The van der Waals surface area contributed by atoms with Crippen LogP contribution in [0.15, 0.2) is 40.8 Å². The number of carbonyl (C=O) groups is 1. The Hall–Kier alpha value is -2.28. The van der Waals surface area contributed by atoms with Gasteiger partial charge in [0, 0.05) is 6.54 Å². The summed E-state index contributed by atoms with van der Waals surface area (Å²) in [5.41, 5.74) is -0.00333. The summed E-state index contributed by atoms with van der Waals surface area (Å²) in [6.07, 6.45) is -4.34. The van der Waals surface area contributed by atoms with Gasteiger partial charge in [0.15, 0.2) is 0 Å². The van der Waals surface area contributed by atoms with Crippen molar-refractivity contribution in [2.45, 2.75) is 19.3 Å². The van der Waals surface area contributed by atoms with Crippen LogP contribution in [0.3, 0.4) is 0 Å². The third kappa shape index (κ3) is 4.09. The number of alkyl halides is 3. The van der Waals surface area contributed by atoms with E-state index >= 15 is 0 Å². The van der Waals surface area contributed by atoms with Gasteiger partial charge in [-0.2, -0.15) is 13.2 Å². The van der Waals surface area contributed by atoms with Crippen LogP contribution in [0.4, 0.5) is 13.2 Å². The lowest BCUT2D eigenvalue weighted by atomic mass is 10.1. The van der Waals surface area contributed by atoms with Gasteiger partial charge in [0.2, 0.25) is 5.76 Å². The standard InChI is InChI=1S/C14H12F3NO3/c15-14(16,17)10-3-1-9(2-4-10)7-18-8-11-5-6-12(21-11)13(19)20/h1-6,18H,7-8H2,(H,19,20). The molecule has 0 aliphatic rings. The number of carboxylic acid groups (broad SMARTS) is 1. The zero-order chi connectivity index (χ0) is 15.5. The molecule has 0 unspecified atom stereocenters. The minimum atomic E-state index is -4.34. The van der Waals surface area contributed by atoms with Crippen molar-refractivity contribution in [1.82, 2.24) is 5.32 Å². The number of furan rings is 1. The third-order valence-electron chi connectivity index (χ3n) is 2.78.